The maximum Gasteiger partial charge on any atom is 0.252 e. The number of methoxy groups -OCH3 is 1. The standard InChI is InChI=1S/C13H22N4O2/c1-19-7-5-14-9-11-4-2-3-6-17(11)12-8-13(18)16-10-15-12/h8,10-11,14H,2-7,9H2,1H3,(H,15,16,18). The van der Waals surface area contributed by atoms with Crippen LogP contribution in [0.1, 0.15) is 19.3 Å². The van der Waals surface area contributed by atoms with Gasteiger partial charge in [0, 0.05) is 38.9 Å². The number of rotatable bonds is 6. The highest BCUT2D eigenvalue weighted by Gasteiger charge is 2.23. The van der Waals surface area contributed by atoms with Crippen molar-refractivity contribution in [3.8, 4) is 0 Å². The quantitative estimate of drug-likeness (QED) is 0.728. The Hall–Kier alpha value is -1.40. The van der Waals surface area contributed by atoms with E-state index in [0.29, 0.717) is 6.04 Å². The van der Waals surface area contributed by atoms with Crippen molar-refractivity contribution in [3.63, 3.8) is 0 Å². The van der Waals surface area contributed by atoms with Crippen molar-refractivity contribution in [1.82, 2.24) is 15.3 Å². The Morgan fingerprint density at radius 3 is 3.26 bits per heavy atom. The third-order valence-electron chi connectivity index (χ3n) is 3.45. The van der Waals surface area contributed by atoms with Crippen molar-refractivity contribution < 1.29 is 4.74 Å². The third kappa shape index (κ3) is 4.04. The zero-order valence-electron chi connectivity index (χ0n) is 11.4. The van der Waals surface area contributed by atoms with E-state index in [-0.39, 0.29) is 5.56 Å². The molecule has 0 aliphatic carbocycles. The minimum atomic E-state index is -0.0957. The summed E-state index contributed by atoms with van der Waals surface area (Å²) in [7, 11) is 1.70. The number of H-pyrrole nitrogens is 1. The SMILES string of the molecule is COCCNCC1CCCCN1c1cc(=O)[nH]cn1. The fraction of sp³-hybridized carbons (Fsp3) is 0.692. The van der Waals surface area contributed by atoms with Gasteiger partial charge in [0.05, 0.1) is 12.9 Å². The van der Waals surface area contributed by atoms with Gasteiger partial charge >= 0.3 is 0 Å². The van der Waals surface area contributed by atoms with Crippen LogP contribution in [-0.2, 0) is 4.74 Å². The summed E-state index contributed by atoms with van der Waals surface area (Å²) in [5.74, 6) is 0.780. The number of ether oxygens (including phenoxy) is 1. The molecule has 0 saturated carbocycles. The molecule has 106 valence electrons. The van der Waals surface area contributed by atoms with Gasteiger partial charge in [-0.1, -0.05) is 0 Å². The summed E-state index contributed by atoms with van der Waals surface area (Å²) in [6.07, 6.45) is 5.00. The minimum Gasteiger partial charge on any atom is -0.383 e. The maximum absolute atomic E-state index is 11.4. The lowest BCUT2D eigenvalue weighted by Crippen LogP contribution is -2.46. The van der Waals surface area contributed by atoms with Gasteiger partial charge in [0.2, 0.25) is 0 Å². The fourth-order valence-electron chi connectivity index (χ4n) is 2.47. The van der Waals surface area contributed by atoms with Crippen molar-refractivity contribution >= 4 is 5.82 Å². The molecular weight excluding hydrogens is 244 g/mol. The van der Waals surface area contributed by atoms with E-state index < -0.39 is 0 Å². The number of aromatic amines is 1. The van der Waals surface area contributed by atoms with E-state index in [1.807, 2.05) is 0 Å². The molecule has 1 aliphatic heterocycles. The van der Waals surface area contributed by atoms with Crippen LogP contribution < -0.4 is 15.8 Å². The molecule has 0 amide bonds. The highest BCUT2D eigenvalue weighted by atomic mass is 16.5. The lowest BCUT2D eigenvalue weighted by Gasteiger charge is -2.36. The fourth-order valence-corrected chi connectivity index (χ4v) is 2.47. The molecule has 0 aromatic carbocycles. The van der Waals surface area contributed by atoms with Crippen molar-refractivity contribution in [1.29, 1.82) is 0 Å². The smallest absolute Gasteiger partial charge is 0.252 e. The molecule has 1 atom stereocenters. The first-order valence-electron chi connectivity index (χ1n) is 6.82. The molecule has 0 spiro atoms. The van der Waals surface area contributed by atoms with Gasteiger partial charge < -0.3 is 19.9 Å². The normalized spacial score (nSPS) is 19.6. The van der Waals surface area contributed by atoms with E-state index in [9.17, 15) is 4.79 Å². The van der Waals surface area contributed by atoms with Crippen molar-refractivity contribution in [2.75, 3.05) is 38.3 Å². The first-order chi connectivity index (χ1) is 9.31. The molecular formula is C13H22N4O2. The largest absolute Gasteiger partial charge is 0.383 e. The molecule has 1 aromatic rings. The predicted molar refractivity (Wildman–Crippen MR) is 74.6 cm³/mol. The molecule has 2 heterocycles. The van der Waals surface area contributed by atoms with E-state index >= 15 is 0 Å². The Morgan fingerprint density at radius 1 is 1.58 bits per heavy atom. The van der Waals surface area contributed by atoms with Gasteiger partial charge in [-0.2, -0.15) is 0 Å². The van der Waals surface area contributed by atoms with Crippen molar-refractivity contribution in [2.24, 2.45) is 0 Å². The van der Waals surface area contributed by atoms with Crippen LogP contribution in [0.3, 0.4) is 0 Å². The summed E-state index contributed by atoms with van der Waals surface area (Å²) in [4.78, 5) is 20.5. The van der Waals surface area contributed by atoms with Gasteiger partial charge in [-0.25, -0.2) is 4.98 Å². The van der Waals surface area contributed by atoms with Gasteiger partial charge in [-0.05, 0) is 19.3 Å². The first-order valence-corrected chi connectivity index (χ1v) is 6.82. The summed E-state index contributed by atoms with van der Waals surface area (Å²) >= 11 is 0. The van der Waals surface area contributed by atoms with E-state index in [0.717, 1.165) is 44.9 Å². The van der Waals surface area contributed by atoms with Gasteiger partial charge in [0.15, 0.2) is 0 Å². The lowest BCUT2D eigenvalue weighted by molar-refractivity contribution is 0.198. The summed E-state index contributed by atoms with van der Waals surface area (Å²) in [6, 6.07) is 1.98. The molecule has 19 heavy (non-hydrogen) atoms. The molecule has 1 aromatic heterocycles. The zero-order chi connectivity index (χ0) is 13.5. The predicted octanol–water partition coefficient (Wildman–Crippen LogP) is 0.365. The molecule has 6 heteroatoms. The average Bonchev–Trinajstić information content (AvgIpc) is 2.44. The van der Waals surface area contributed by atoms with Crippen LogP contribution in [0, 0.1) is 0 Å². The second-order valence-corrected chi connectivity index (χ2v) is 4.81. The topological polar surface area (TPSA) is 70.2 Å². The third-order valence-corrected chi connectivity index (χ3v) is 3.45. The zero-order valence-corrected chi connectivity index (χ0v) is 11.4. The summed E-state index contributed by atoms with van der Waals surface area (Å²) in [6.45, 7) is 3.44. The second-order valence-electron chi connectivity index (χ2n) is 4.81. The summed E-state index contributed by atoms with van der Waals surface area (Å²) in [5, 5.41) is 3.39. The molecule has 0 bridgehead atoms. The molecule has 1 saturated heterocycles. The Balaban J connectivity index is 1.97. The molecule has 1 unspecified atom stereocenters. The van der Waals surface area contributed by atoms with Gasteiger partial charge in [0.25, 0.3) is 5.56 Å². The Bertz CT molecular complexity index is 435. The highest BCUT2D eigenvalue weighted by molar-refractivity contribution is 5.38. The monoisotopic (exact) mass is 266 g/mol. The highest BCUT2D eigenvalue weighted by Crippen LogP contribution is 2.21. The van der Waals surface area contributed by atoms with Crippen LogP contribution in [0.5, 0.6) is 0 Å². The molecule has 0 radical (unpaired) electrons. The van der Waals surface area contributed by atoms with Crippen LogP contribution in [0.4, 0.5) is 5.82 Å². The Morgan fingerprint density at radius 2 is 2.47 bits per heavy atom. The Kier molecular flexibility index (Phi) is 5.35. The number of nitrogens with one attached hydrogen (secondary N) is 2. The van der Waals surface area contributed by atoms with Gasteiger partial charge in [-0.15, -0.1) is 0 Å². The number of hydrogen-bond acceptors (Lipinski definition) is 5. The van der Waals surface area contributed by atoms with Crippen molar-refractivity contribution in [2.45, 2.75) is 25.3 Å². The van der Waals surface area contributed by atoms with Crippen LogP contribution in [-0.4, -0.2) is 49.4 Å². The van der Waals surface area contributed by atoms with Crippen LogP contribution in [0.2, 0.25) is 0 Å². The lowest BCUT2D eigenvalue weighted by atomic mass is 10.0. The number of anilines is 1. The number of aromatic nitrogens is 2. The second kappa shape index (κ2) is 7.25. The molecule has 2 N–H and O–H groups in total. The number of piperidine rings is 1. The average molecular weight is 266 g/mol. The maximum atomic E-state index is 11.4. The van der Waals surface area contributed by atoms with E-state index in [4.69, 9.17) is 4.74 Å². The van der Waals surface area contributed by atoms with Crippen LogP contribution in [0.15, 0.2) is 17.2 Å². The van der Waals surface area contributed by atoms with Gasteiger partial charge in [-0.3, -0.25) is 4.79 Å². The van der Waals surface area contributed by atoms with Gasteiger partial charge in [0.1, 0.15) is 5.82 Å². The van der Waals surface area contributed by atoms with E-state index in [1.54, 1.807) is 13.2 Å². The number of nitrogens with zero attached hydrogens (tertiary/aromatic N) is 2. The molecule has 1 fully saturated rings. The Labute approximate surface area is 113 Å². The van der Waals surface area contributed by atoms with E-state index in [1.165, 1.54) is 12.7 Å². The van der Waals surface area contributed by atoms with Crippen LogP contribution >= 0.6 is 0 Å². The summed E-state index contributed by atoms with van der Waals surface area (Å²) < 4.78 is 5.02. The molecule has 2 rings (SSSR count). The first kappa shape index (κ1) is 14.0. The number of hydrogen-bond donors (Lipinski definition) is 2. The minimum absolute atomic E-state index is 0.0957. The molecule has 1 aliphatic rings. The van der Waals surface area contributed by atoms with Crippen molar-refractivity contribution in [3.05, 3.63) is 22.7 Å². The molecule has 6 nitrogen and oxygen atoms in total. The van der Waals surface area contributed by atoms with E-state index in [2.05, 4.69) is 20.2 Å². The summed E-state index contributed by atoms with van der Waals surface area (Å²) in [5.41, 5.74) is -0.0957. The van der Waals surface area contributed by atoms with Crippen LogP contribution in [0.25, 0.3) is 0 Å².